The molecule has 0 aliphatic carbocycles. The fourth-order valence-electron chi connectivity index (χ4n) is 2.20. The van der Waals surface area contributed by atoms with Crippen LogP contribution in [0.2, 0.25) is 0 Å². The molecule has 0 aliphatic rings. The zero-order valence-electron chi connectivity index (χ0n) is 13.7. The predicted octanol–water partition coefficient (Wildman–Crippen LogP) is 4.57. The Kier molecular flexibility index (Phi) is 4.54. The van der Waals surface area contributed by atoms with Gasteiger partial charge in [-0.1, -0.05) is 17.3 Å². The lowest BCUT2D eigenvalue weighted by Gasteiger charge is -2.08. The van der Waals surface area contributed by atoms with Crippen molar-refractivity contribution in [1.82, 2.24) is 10.1 Å². The molecule has 0 N–H and O–H groups in total. The number of halogens is 3. The third-order valence-electron chi connectivity index (χ3n) is 3.57. The molecular weight excluding hydrogens is 353 g/mol. The number of esters is 1. The van der Waals surface area contributed by atoms with Crippen molar-refractivity contribution in [3.8, 4) is 11.4 Å². The van der Waals surface area contributed by atoms with Crippen LogP contribution in [0, 0.1) is 6.92 Å². The van der Waals surface area contributed by atoms with Crippen molar-refractivity contribution < 1.29 is 31.6 Å². The number of furan rings is 1. The van der Waals surface area contributed by atoms with Crippen LogP contribution >= 0.6 is 0 Å². The Bertz CT molecular complexity index is 930. The van der Waals surface area contributed by atoms with E-state index in [9.17, 15) is 18.0 Å². The molecular formula is C17H13F3N2O4. The first kappa shape index (κ1) is 17.7. The molecule has 0 fully saturated rings. The Hall–Kier alpha value is -3.10. The van der Waals surface area contributed by atoms with Crippen LogP contribution in [-0.4, -0.2) is 16.1 Å². The lowest BCUT2D eigenvalue weighted by atomic mass is 10.1. The molecule has 2 heterocycles. The topological polar surface area (TPSA) is 78.4 Å². The molecule has 1 atom stereocenters. The lowest BCUT2D eigenvalue weighted by Crippen LogP contribution is -2.09. The second kappa shape index (κ2) is 6.66. The van der Waals surface area contributed by atoms with Crippen molar-refractivity contribution in [2.75, 3.05) is 0 Å². The average molecular weight is 366 g/mol. The largest absolute Gasteiger partial charge is 0.457 e. The first-order valence-electron chi connectivity index (χ1n) is 7.52. The molecule has 1 aromatic carbocycles. The molecule has 0 aliphatic heterocycles. The summed E-state index contributed by atoms with van der Waals surface area (Å²) in [4.78, 5) is 16.0. The van der Waals surface area contributed by atoms with E-state index in [0.29, 0.717) is 5.56 Å². The summed E-state index contributed by atoms with van der Waals surface area (Å²) in [5.41, 5.74) is -0.0817. The van der Waals surface area contributed by atoms with Crippen LogP contribution in [0.25, 0.3) is 11.4 Å². The number of hydrogen-bond donors (Lipinski definition) is 0. The Labute approximate surface area is 145 Å². The number of alkyl halides is 3. The highest BCUT2D eigenvalue weighted by Gasteiger charge is 2.31. The van der Waals surface area contributed by atoms with E-state index in [4.69, 9.17) is 13.7 Å². The molecule has 26 heavy (non-hydrogen) atoms. The van der Waals surface area contributed by atoms with Crippen LogP contribution in [0.3, 0.4) is 0 Å². The van der Waals surface area contributed by atoms with E-state index < -0.39 is 23.8 Å². The van der Waals surface area contributed by atoms with Crippen LogP contribution in [0.4, 0.5) is 13.2 Å². The second-order valence-electron chi connectivity index (χ2n) is 5.52. The minimum absolute atomic E-state index is 0.0387. The smallest absolute Gasteiger partial charge is 0.416 e. The fraction of sp³-hybridized carbons (Fsp3) is 0.235. The maximum atomic E-state index is 12.8. The van der Waals surface area contributed by atoms with Crippen molar-refractivity contribution >= 4 is 5.97 Å². The van der Waals surface area contributed by atoms with E-state index >= 15 is 0 Å². The van der Waals surface area contributed by atoms with E-state index in [1.807, 2.05) is 0 Å². The van der Waals surface area contributed by atoms with E-state index in [1.165, 1.54) is 25.3 Å². The maximum Gasteiger partial charge on any atom is 0.416 e. The van der Waals surface area contributed by atoms with Gasteiger partial charge in [0.25, 0.3) is 5.89 Å². The number of ether oxygens (including phenoxy) is 1. The predicted molar refractivity (Wildman–Crippen MR) is 82.0 cm³/mol. The minimum atomic E-state index is -4.48. The number of carbonyl (C=O) groups excluding carboxylic acids is 1. The van der Waals surface area contributed by atoms with Crippen molar-refractivity contribution in [2.45, 2.75) is 26.1 Å². The molecule has 0 amide bonds. The molecule has 0 radical (unpaired) electrons. The van der Waals surface area contributed by atoms with Crippen LogP contribution < -0.4 is 0 Å². The Morgan fingerprint density at radius 1 is 1.27 bits per heavy atom. The highest BCUT2D eigenvalue weighted by atomic mass is 19.4. The summed E-state index contributed by atoms with van der Waals surface area (Å²) in [6, 6.07) is 6.14. The van der Waals surface area contributed by atoms with E-state index in [1.54, 1.807) is 13.0 Å². The molecule has 0 saturated heterocycles. The third kappa shape index (κ3) is 3.61. The quantitative estimate of drug-likeness (QED) is 0.629. The van der Waals surface area contributed by atoms with Crippen molar-refractivity contribution in [1.29, 1.82) is 0 Å². The van der Waals surface area contributed by atoms with Gasteiger partial charge < -0.3 is 13.7 Å². The van der Waals surface area contributed by atoms with Gasteiger partial charge in [0, 0.05) is 11.1 Å². The fourth-order valence-corrected chi connectivity index (χ4v) is 2.20. The van der Waals surface area contributed by atoms with Gasteiger partial charge in [0.05, 0.1) is 11.8 Å². The van der Waals surface area contributed by atoms with E-state index in [-0.39, 0.29) is 23.0 Å². The average Bonchev–Trinajstić information content (AvgIpc) is 3.23. The minimum Gasteiger partial charge on any atom is -0.457 e. The Balaban J connectivity index is 1.77. The van der Waals surface area contributed by atoms with Gasteiger partial charge in [-0.05, 0) is 32.0 Å². The summed E-state index contributed by atoms with van der Waals surface area (Å²) in [7, 11) is 0. The van der Waals surface area contributed by atoms with Crippen LogP contribution in [0.15, 0.2) is 45.5 Å². The molecule has 6 nitrogen and oxygen atoms in total. The second-order valence-corrected chi connectivity index (χ2v) is 5.52. The van der Waals surface area contributed by atoms with Crippen molar-refractivity contribution in [3.05, 3.63) is 59.4 Å². The normalized spacial score (nSPS) is 12.8. The third-order valence-corrected chi connectivity index (χ3v) is 3.57. The van der Waals surface area contributed by atoms with E-state index in [0.717, 1.165) is 12.1 Å². The Morgan fingerprint density at radius 3 is 2.69 bits per heavy atom. The molecule has 1 unspecified atom stereocenters. The molecule has 3 aromatic rings. The monoisotopic (exact) mass is 366 g/mol. The van der Waals surface area contributed by atoms with Crippen molar-refractivity contribution in [3.63, 3.8) is 0 Å². The van der Waals surface area contributed by atoms with Gasteiger partial charge >= 0.3 is 12.1 Å². The standard InChI is InChI=1S/C17H13F3N2O4/c1-9-6-7-24-13(9)16(23)25-10(2)15-21-14(22-26-15)11-4-3-5-12(8-11)17(18,19)20/h3-8,10H,1-2H3. The first-order chi connectivity index (χ1) is 12.3. The molecule has 9 heteroatoms. The first-order valence-corrected chi connectivity index (χ1v) is 7.52. The summed E-state index contributed by atoms with van der Waals surface area (Å²) in [5.74, 6) is -0.744. The number of rotatable bonds is 4. The summed E-state index contributed by atoms with van der Waals surface area (Å²) in [6.07, 6.45) is -4.03. The molecule has 0 bridgehead atoms. The molecule has 136 valence electrons. The van der Waals surface area contributed by atoms with Crippen LogP contribution in [-0.2, 0) is 10.9 Å². The van der Waals surface area contributed by atoms with Gasteiger partial charge in [0.15, 0.2) is 6.10 Å². The summed E-state index contributed by atoms with van der Waals surface area (Å²) in [5, 5.41) is 3.65. The van der Waals surface area contributed by atoms with Gasteiger partial charge in [-0.3, -0.25) is 0 Å². The maximum absolute atomic E-state index is 12.8. The Morgan fingerprint density at radius 2 is 2.04 bits per heavy atom. The number of carbonyl (C=O) groups is 1. The van der Waals surface area contributed by atoms with Crippen LogP contribution in [0.1, 0.15) is 40.6 Å². The number of hydrogen-bond acceptors (Lipinski definition) is 6. The van der Waals surface area contributed by atoms with Crippen LogP contribution in [0.5, 0.6) is 0 Å². The highest BCUT2D eigenvalue weighted by molar-refractivity contribution is 5.87. The van der Waals surface area contributed by atoms with Gasteiger partial charge in [0.2, 0.25) is 11.6 Å². The lowest BCUT2D eigenvalue weighted by molar-refractivity contribution is -0.137. The SMILES string of the molecule is Cc1ccoc1C(=O)OC(C)c1nc(-c2cccc(C(F)(F)F)c2)no1. The zero-order valence-corrected chi connectivity index (χ0v) is 13.7. The number of nitrogens with zero attached hydrogens (tertiary/aromatic N) is 2. The van der Waals surface area contributed by atoms with Gasteiger partial charge in [-0.25, -0.2) is 4.79 Å². The summed E-state index contributed by atoms with van der Waals surface area (Å²) in [6.45, 7) is 3.18. The van der Waals surface area contributed by atoms with Gasteiger partial charge in [0.1, 0.15) is 0 Å². The molecule has 2 aromatic heterocycles. The molecule has 0 spiro atoms. The number of aryl methyl sites for hydroxylation is 1. The highest BCUT2D eigenvalue weighted by Crippen LogP contribution is 2.31. The summed E-state index contributed by atoms with van der Waals surface area (Å²) < 4.78 is 53.6. The van der Waals surface area contributed by atoms with Crippen molar-refractivity contribution in [2.24, 2.45) is 0 Å². The van der Waals surface area contributed by atoms with Gasteiger partial charge in [-0.15, -0.1) is 0 Å². The summed E-state index contributed by atoms with van der Waals surface area (Å²) >= 11 is 0. The molecule has 0 saturated carbocycles. The number of aromatic nitrogens is 2. The zero-order chi connectivity index (χ0) is 18.9. The molecule has 3 rings (SSSR count). The van der Waals surface area contributed by atoms with Gasteiger partial charge in [-0.2, -0.15) is 18.2 Å². The number of benzene rings is 1. The van der Waals surface area contributed by atoms with E-state index in [2.05, 4.69) is 10.1 Å².